The molecule has 0 unspecified atom stereocenters. The fraction of sp³-hybridized carbons (Fsp3) is 0.118. The van der Waals surface area contributed by atoms with Crippen LogP contribution in [0, 0.1) is 0 Å². The van der Waals surface area contributed by atoms with E-state index < -0.39 is 0 Å². The number of aromatic nitrogens is 2. The molecule has 1 aromatic carbocycles. The topological polar surface area (TPSA) is 88.3 Å². The van der Waals surface area contributed by atoms with E-state index in [4.69, 9.17) is 12.2 Å². The summed E-state index contributed by atoms with van der Waals surface area (Å²) in [5.41, 5.74) is 1.56. The second-order valence-corrected chi connectivity index (χ2v) is 8.24. The molecule has 3 heterocycles. The molecular weight excluding hydrogens is 404 g/mol. The summed E-state index contributed by atoms with van der Waals surface area (Å²) in [6, 6.07) is 9.06. The summed E-state index contributed by atoms with van der Waals surface area (Å²) >= 11 is 8.09. The summed E-state index contributed by atoms with van der Waals surface area (Å²) in [6.45, 7) is 0.214. The van der Waals surface area contributed by atoms with Crippen LogP contribution in [0.1, 0.15) is 11.3 Å². The quantitative estimate of drug-likeness (QED) is 0.503. The average Bonchev–Trinajstić information content (AvgIpc) is 3.37. The van der Waals surface area contributed by atoms with E-state index in [0.29, 0.717) is 25.9 Å². The molecule has 0 aliphatic carbocycles. The fourth-order valence-corrected chi connectivity index (χ4v) is 4.56. The van der Waals surface area contributed by atoms with Gasteiger partial charge >= 0.3 is 0 Å². The Morgan fingerprint density at radius 2 is 2.19 bits per heavy atom. The molecule has 136 valence electrons. The van der Waals surface area contributed by atoms with Gasteiger partial charge in [0.1, 0.15) is 9.84 Å². The molecule has 1 fully saturated rings. The Morgan fingerprint density at radius 3 is 3.00 bits per heavy atom. The molecule has 3 aromatic rings. The molecule has 2 amide bonds. The minimum atomic E-state index is -0.248. The van der Waals surface area contributed by atoms with E-state index in [2.05, 4.69) is 20.3 Å². The molecule has 7 nitrogen and oxygen atoms in total. The van der Waals surface area contributed by atoms with E-state index in [1.165, 1.54) is 16.7 Å². The van der Waals surface area contributed by atoms with Crippen molar-refractivity contribution in [1.29, 1.82) is 0 Å². The van der Waals surface area contributed by atoms with Gasteiger partial charge in [-0.05, 0) is 40.0 Å². The van der Waals surface area contributed by atoms with E-state index in [1.54, 1.807) is 29.5 Å². The van der Waals surface area contributed by atoms with E-state index in [1.807, 2.05) is 23.6 Å². The Labute approximate surface area is 167 Å². The Hall–Kier alpha value is -2.56. The first-order valence-electron chi connectivity index (χ1n) is 7.92. The van der Waals surface area contributed by atoms with Crippen molar-refractivity contribution in [3.8, 4) is 0 Å². The summed E-state index contributed by atoms with van der Waals surface area (Å²) in [7, 11) is 0. The predicted molar refractivity (Wildman–Crippen MR) is 109 cm³/mol. The highest BCUT2D eigenvalue weighted by Gasteiger charge is 2.32. The first-order chi connectivity index (χ1) is 13.1. The Kier molecular flexibility index (Phi) is 5.01. The van der Waals surface area contributed by atoms with Crippen molar-refractivity contribution < 1.29 is 14.2 Å². The summed E-state index contributed by atoms with van der Waals surface area (Å²) in [4.78, 5) is 27.9. The summed E-state index contributed by atoms with van der Waals surface area (Å²) in [5, 5.41) is 12.2. The van der Waals surface area contributed by atoms with Crippen molar-refractivity contribution in [3.63, 3.8) is 0 Å². The zero-order valence-electron chi connectivity index (χ0n) is 13.7. The molecule has 1 aliphatic heterocycles. The Bertz CT molecular complexity index is 1060. The number of nitrogens with one attached hydrogen (secondary N) is 1. The van der Waals surface area contributed by atoms with Crippen molar-refractivity contribution >= 4 is 74.2 Å². The van der Waals surface area contributed by atoms with Crippen LogP contribution in [-0.4, -0.2) is 37.9 Å². The number of anilines is 1. The second kappa shape index (κ2) is 7.59. The zero-order chi connectivity index (χ0) is 18.8. The number of benzene rings is 1. The summed E-state index contributed by atoms with van der Waals surface area (Å²) < 4.78 is 5.14. The number of nitrogens with zero attached hydrogens (tertiary/aromatic N) is 3. The smallest absolute Gasteiger partial charge is 0.266 e. The summed E-state index contributed by atoms with van der Waals surface area (Å²) in [6.07, 6.45) is 1.93. The van der Waals surface area contributed by atoms with Crippen LogP contribution in [0.5, 0.6) is 0 Å². The van der Waals surface area contributed by atoms with Crippen molar-refractivity contribution in [3.05, 3.63) is 45.5 Å². The molecule has 0 spiro atoms. The molecular formula is C17H12N4O3S3. The van der Waals surface area contributed by atoms with Crippen LogP contribution >= 0.6 is 35.3 Å². The SMILES string of the molecule is O=C(CCN1C(=O)C(=Cc2cccs2)SC1=S)Nc1cccc2nonc12. The maximum absolute atomic E-state index is 12.5. The van der Waals surface area contributed by atoms with Crippen LogP contribution in [0.4, 0.5) is 5.69 Å². The normalized spacial score (nSPS) is 15.9. The molecule has 0 saturated carbocycles. The number of amides is 2. The number of thiocarbonyl (C=S) groups is 1. The minimum Gasteiger partial charge on any atom is -0.324 e. The van der Waals surface area contributed by atoms with Crippen molar-refractivity contribution in [2.24, 2.45) is 0 Å². The highest BCUT2D eigenvalue weighted by molar-refractivity contribution is 8.26. The van der Waals surface area contributed by atoms with Gasteiger partial charge in [-0.25, -0.2) is 4.63 Å². The van der Waals surface area contributed by atoms with Crippen molar-refractivity contribution in [2.45, 2.75) is 6.42 Å². The van der Waals surface area contributed by atoms with Gasteiger partial charge in [0.25, 0.3) is 5.91 Å². The first kappa shape index (κ1) is 17.8. The molecule has 10 heteroatoms. The summed E-state index contributed by atoms with van der Waals surface area (Å²) in [5.74, 6) is -0.421. The monoisotopic (exact) mass is 416 g/mol. The molecule has 1 N–H and O–H groups in total. The van der Waals surface area contributed by atoms with Crippen molar-refractivity contribution in [2.75, 3.05) is 11.9 Å². The van der Waals surface area contributed by atoms with Gasteiger partial charge < -0.3 is 5.32 Å². The lowest BCUT2D eigenvalue weighted by atomic mass is 10.2. The molecule has 0 atom stereocenters. The van der Waals surface area contributed by atoms with Gasteiger partial charge in [0.05, 0.1) is 10.6 Å². The highest BCUT2D eigenvalue weighted by Crippen LogP contribution is 2.33. The van der Waals surface area contributed by atoms with E-state index in [0.717, 1.165) is 4.88 Å². The zero-order valence-corrected chi connectivity index (χ0v) is 16.2. The number of thioether (sulfide) groups is 1. The maximum atomic E-state index is 12.5. The molecule has 1 aliphatic rings. The first-order valence-corrected chi connectivity index (χ1v) is 10.0. The lowest BCUT2D eigenvalue weighted by Crippen LogP contribution is -2.31. The van der Waals surface area contributed by atoms with Gasteiger partial charge in [-0.3, -0.25) is 14.5 Å². The van der Waals surface area contributed by atoms with Gasteiger partial charge in [0, 0.05) is 17.8 Å². The number of thiophene rings is 1. The lowest BCUT2D eigenvalue weighted by Gasteiger charge is -2.14. The van der Waals surface area contributed by atoms with Crippen molar-refractivity contribution in [1.82, 2.24) is 15.2 Å². The third kappa shape index (κ3) is 3.77. The van der Waals surface area contributed by atoms with E-state index in [-0.39, 0.29) is 24.8 Å². The van der Waals surface area contributed by atoms with Crippen LogP contribution in [-0.2, 0) is 9.59 Å². The highest BCUT2D eigenvalue weighted by atomic mass is 32.2. The third-order valence-electron chi connectivity index (χ3n) is 3.81. The van der Waals surface area contributed by atoms with Crippen LogP contribution in [0.3, 0.4) is 0 Å². The lowest BCUT2D eigenvalue weighted by molar-refractivity contribution is -0.122. The molecule has 1 saturated heterocycles. The largest absolute Gasteiger partial charge is 0.324 e. The number of hydrogen-bond donors (Lipinski definition) is 1. The van der Waals surface area contributed by atoms with Crippen LogP contribution < -0.4 is 5.32 Å². The number of fused-ring (bicyclic) bond motifs is 1. The number of carbonyl (C=O) groups is 2. The maximum Gasteiger partial charge on any atom is 0.266 e. The van der Waals surface area contributed by atoms with Gasteiger partial charge in [-0.2, -0.15) is 0 Å². The second-order valence-electron chi connectivity index (χ2n) is 5.58. The van der Waals surface area contributed by atoms with E-state index >= 15 is 0 Å². The van der Waals surface area contributed by atoms with Gasteiger partial charge in [0.15, 0.2) is 5.52 Å². The van der Waals surface area contributed by atoms with Crippen LogP contribution in [0.15, 0.2) is 45.2 Å². The standard InChI is InChI=1S/C17H12N4O3S3/c22-14(18-11-4-1-5-12-15(11)20-24-19-12)6-7-21-16(23)13(27-17(21)25)9-10-3-2-8-26-10/h1-5,8-9H,6-7H2,(H,18,22). The van der Waals surface area contributed by atoms with Gasteiger partial charge in [-0.1, -0.05) is 36.1 Å². The third-order valence-corrected chi connectivity index (χ3v) is 6.01. The molecule has 27 heavy (non-hydrogen) atoms. The number of hydrogen-bond acceptors (Lipinski definition) is 8. The Balaban J connectivity index is 1.39. The van der Waals surface area contributed by atoms with E-state index in [9.17, 15) is 9.59 Å². The van der Waals surface area contributed by atoms with Gasteiger partial charge in [0.2, 0.25) is 5.91 Å². The average molecular weight is 417 g/mol. The molecule has 0 radical (unpaired) electrons. The predicted octanol–water partition coefficient (Wildman–Crippen LogP) is 3.51. The van der Waals surface area contributed by atoms with Crippen LogP contribution in [0.2, 0.25) is 0 Å². The molecule has 0 bridgehead atoms. The molecule has 2 aromatic heterocycles. The fourth-order valence-electron chi connectivity index (χ4n) is 2.53. The number of carbonyl (C=O) groups excluding carboxylic acids is 2. The molecule has 4 rings (SSSR count). The van der Waals surface area contributed by atoms with Gasteiger partial charge in [-0.15, -0.1) is 11.3 Å². The Morgan fingerprint density at radius 1 is 1.30 bits per heavy atom. The van der Waals surface area contributed by atoms with Crippen LogP contribution in [0.25, 0.3) is 17.1 Å². The minimum absolute atomic E-state index is 0.111. The number of rotatable bonds is 5.